The van der Waals surface area contributed by atoms with Gasteiger partial charge in [0, 0.05) is 43.7 Å². The number of alkyl carbamates (subject to hydrolysis) is 1. The number of imidazole rings is 2. The highest BCUT2D eigenvalue weighted by Crippen LogP contribution is 2.36. The average Bonchev–Trinajstić information content (AvgIpc) is 4.07. The number of methoxy groups -OCH3 is 1. The Kier molecular flexibility index (Phi) is 10.9. The van der Waals surface area contributed by atoms with Gasteiger partial charge in [0.05, 0.1) is 30.2 Å². The van der Waals surface area contributed by atoms with E-state index in [1.807, 2.05) is 46.0 Å². The van der Waals surface area contributed by atoms with E-state index in [1.54, 1.807) is 16.0 Å². The van der Waals surface area contributed by atoms with E-state index in [0.29, 0.717) is 36.0 Å². The number of pyridine rings is 2. The standard InChI is InChI=1S/C44H50N10O6/c1-23(2)35(49-43(57)60-6)41(55)53-15-7-9-33(53)39-47-31-19-29(21-45-37(31)50-39)27-13-11-26-18-28(14-12-25(26)17-27)30-20-32-38(46-22-30)51-40(48-32)34-10-8-16-54(34)42(56)36(24(3)4)52(5)44(58)59/h11-14,17-24,33-36H,7-10,15-16H2,1-6H3,(H,49,57)(H,58,59)(H,45,47,50)(H,46,48,51)/t33?,34-,35+,36+/m1/s1. The number of likely N-dealkylation sites (N-methyl/N-ethyl adjacent to an activating group) is 1. The number of rotatable bonds is 10. The van der Waals surface area contributed by atoms with Crippen LogP contribution >= 0.6 is 0 Å². The Morgan fingerprint density at radius 1 is 0.750 bits per heavy atom. The minimum absolute atomic E-state index is 0.126. The molecule has 4 aromatic heterocycles. The van der Waals surface area contributed by atoms with Crippen molar-refractivity contribution in [3.8, 4) is 22.3 Å². The minimum Gasteiger partial charge on any atom is -0.465 e. The molecular formula is C44H50N10O6. The second-order valence-electron chi connectivity index (χ2n) is 16.5. The SMILES string of the molecule is COC(=O)N[C@H](C(=O)N1CCCC1c1nc2ncc(-c3ccc4cc(-c5cnc6nc([C@H]7CCCN7C(=O)[C@H](C(C)C)N(C)C(=O)O)[nH]c6c5)ccc4c3)cc2[nH]1)C(C)C. The van der Waals surface area contributed by atoms with Crippen LogP contribution in [0.4, 0.5) is 9.59 Å². The largest absolute Gasteiger partial charge is 0.465 e. The highest BCUT2D eigenvalue weighted by Gasteiger charge is 2.40. The first kappa shape index (κ1) is 40.2. The molecule has 2 fully saturated rings. The quantitative estimate of drug-likeness (QED) is 0.111. The first-order chi connectivity index (χ1) is 28.8. The van der Waals surface area contributed by atoms with Crippen molar-refractivity contribution in [2.24, 2.45) is 11.8 Å². The van der Waals surface area contributed by atoms with Gasteiger partial charge in [-0.25, -0.2) is 29.5 Å². The fourth-order valence-corrected chi connectivity index (χ4v) is 8.77. The van der Waals surface area contributed by atoms with Gasteiger partial charge < -0.3 is 34.9 Å². The van der Waals surface area contributed by atoms with Crippen molar-refractivity contribution in [3.05, 3.63) is 72.6 Å². The Morgan fingerprint density at radius 3 is 1.70 bits per heavy atom. The lowest BCUT2D eigenvalue weighted by molar-refractivity contribution is -0.138. The van der Waals surface area contributed by atoms with Gasteiger partial charge in [-0.2, -0.15) is 0 Å². The fourth-order valence-electron chi connectivity index (χ4n) is 8.77. The summed E-state index contributed by atoms with van der Waals surface area (Å²) in [6.07, 6.45) is 4.93. The second-order valence-corrected chi connectivity index (χ2v) is 16.5. The molecule has 2 aromatic carbocycles. The van der Waals surface area contributed by atoms with Gasteiger partial charge in [0.15, 0.2) is 11.3 Å². The van der Waals surface area contributed by atoms with Crippen molar-refractivity contribution >= 4 is 57.1 Å². The fraction of sp³-hybridized carbons (Fsp3) is 0.409. The van der Waals surface area contributed by atoms with Gasteiger partial charge in [-0.05, 0) is 83.7 Å². The van der Waals surface area contributed by atoms with Gasteiger partial charge in [0.2, 0.25) is 11.8 Å². The van der Waals surface area contributed by atoms with E-state index in [0.717, 1.165) is 74.6 Å². The van der Waals surface area contributed by atoms with E-state index in [2.05, 4.69) is 61.7 Å². The summed E-state index contributed by atoms with van der Waals surface area (Å²) in [6.45, 7) is 8.60. The zero-order valence-corrected chi connectivity index (χ0v) is 34.6. The van der Waals surface area contributed by atoms with Crippen molar-refractivity contribution in [2.75, 3.05) is 27.2 Å². The van der Waals surface area contributed by atoms with E-state index in [4.69, 9.17) is 14.7 Å². The molecule has 16 nitrogen and oxygen atoms in total. The van der Waals surface area contributed by atoms with Crippen molar-refractivity contribution in [1.29, 1.82) is 0 Å². The van der Waals surface area contributed by atoms with Crippen molar-refractivity contribution < 1.29 is 29.0 Å². The molecular weight excluding hydrogens is 765 g/mol. The van der Waals surface area contributed by atoms with Gasteiger partial charge in [0.25, 0.3) is 0 Å². The normalized spacial score (nSPS) is 17.9. The molecule has 60 heavy (non-hydrogen) atoms. The first-order valence-corrected chi connectivity index (χ1v) is 20.5. The Bertz CT molecular complexity index is 2620. The lowest BCUT2D eigenvalue weighted by atomic mass is 9.99. The predicted molar refractivity (Wildman–Crippen MR) is 226 cm³/mol. The topological polar surface area (TPSA) is 203 Å². The van der Waals surface area contributed by atoms with Crippen LogP contribution in [-0.2, 0) is 14.3 Å². The zero-order valence-electron chi connectivity index (χ0n) is 34.6. The maximum Gasteiger partial charge on any atom is 0.407 e. The maximum absolute atomic E-state index is 13.7. The molecule has 4 atom stereocenters. The molecule has 4 amide bonds. The molecule has 0 radical (unpaired) electrons. The molecule has 2 saturated heterocycles. The molecule has 0 saturated carbocycles. The Balaban J connectivity index is 0.999. The number of hydrogen-bond acceptors (Lipinski definition) is 9. The van der Waals surface area contributed by atoms with Crippen LogP contribution in [-0.4, -0.2) is 113 Å². The number of carbonyl (C=O) groups is 4. The van der Waals surface area contributed by atoms with Crippen LogP contribution in [0.5, 0.6) is 0 Å². The van der Waals surface area contributed by atoms with Crippen LogP contribution < -0.4 is 5.32 Å². The van der Waals surface area contributed by atoms with E-state index >= 15 is 0 Å². The third-order valence-corrected chi connectivity index (χ3v) is 11.9. The van der Waals surface area contributed by atoms with Gasteiger partial charge in [-0.1, -0.05) is 52.0 Å². The van der Waals surface area contributed by atoms with Gasteiger partial charge in [-0.3, -0.25) is 14.5 Å². The number of aromatic amines is 2. The van der Waals surface area contributed by atoms with Crippen molar-refractivity contribution in [3.63, 3.8) is 0 Å². The van der Waals surface area contributed by atoms with Gasteiger partial charge in [-0.15, -0.1) is 0 Å². The molecule has 4 N–H and O–H groups in total. The highest BCUT2D eigenvalue weighted by atomic mass is 16.5. The summed E-state index contributed by atoms with van der Waals surface area (Å²) in [4.78, 5) is 81.6. The molecule has 2 aliphatic rings. The second kappa shape index (κ2) is 16.2. The van der Waals surface area contributed by atoms with Crippen molar-refractivity contribution in [1.82, 2.24) is 49.9 Å². The number of likely N-dealkylation sites (tertiary alicyclic amines) is 2. The van der Waals surface area contributed by atoms with Crippen LogP contribution in [0, 0.1) is 11.8 Å². The molecule has 8 rings (SSSR count). The summed E-state index contributed by atoms with van der Waals surface area (Å²) >= 11 is 0. The molecule has 16 heteroatoms. The molecule has 6 heterocycles. The number of fused-ring (bicyclic) bond motifs is 3. The molecule has 1 unspecified atom stereocenters. The van der Waals surface area contributed by atoms with Crippen LogP contribution in [0.2, 0.25) is 0 Å². The average molecular weight is 815 g/mol. The monoisotopic (exact) mass is 814 g/mol. The third-order valence-electron chi connectivity index (χ3n) is 11.9. The lowest BCUT2D eigenvalue weighted by Crippen LogP contribution is -2.51. The summed E-state index contributed by atoms with van der Waals surface area (Å²) in [5.41, 5.74) is 6.47. The Hall–Kier alpha value is -6.58. The first-order valence-electron chi connectivity index (χ1n) is 20.5. The number of amides is 4. The summed E-state index contributed by atoms with van der Waals surface area (Å²) < 4.78 is 4.77. The van der Waals surface area contributed by atoms with Crippen molar-refractivity contribution in [2.45, 2.75) is 77.5 Å². The Morgan fingerprint density at radius 2 is 1.25 bits per heavy atom. The number of hydrogen-bond donors (Lipinski definition) is 4. The number of ether oxygens (including phenoxy) is 1. The molecule has 2 aliphatic heterocycles. The Labute approximate surface area is 346 Å². The third kappa shape index (κ3) is 7.57. The van der Waals surface area contributed by atoms with Crippen LogP contribution in [0.1, 0.15) is 77.1 Å². The number of H-pyrrole nitrogens is 2. The number of aromatic nitrogens is 6. The maximum atomic E-state index is 13.7. The van der Waals surface area contributed by atoms with E-state index in [1.165, 1.54) is 14.2 Å². The zero-order chi connectivity index (χ0) is 42.4. The van der Waals surface area contributed by atoms with Gasteiger partial charge in [0.1, 0.15) is 23.7 Å². The molecule has 0 spiro atoms. The number of nitrogens with zero attached hydrogens (tertiary/aromatic N) is 7. The summed E-state index contributed by atoms with van der Waals surface area (Å²) in [5, 5.41) is 14.4. The summed E-state index contributed by atoms with van der Waals surface area (Å²) in [6, 6.07) is 14.6. The van der Waals surface area contributed by atoms with E-state index in [9.17, 15) is 24.3 Å². The molecule has 312 valence electrons. The lowest BCUT2D eigenvalue weighted by Gasteiger charge is -2.33. The number of benzene rings is 2. The summed E-state index contributed by atoms with van der Waals surface area (Å²) in [7, 11) is 2.73. The van der Waals surface area contributed by atoms with Crippen LogP contribution in [0.25, 0.3) is 55.4 Å². The number of nitrogens with one attached hydrogen (secondary N) is 3. The van der Waals surface area contributed by atoms with E-state index in [-0.39, 0.29) is 35.7 Å². The van der Waals surface area contributed by atoms with Crippen LogP contribution in [0.3, 0.4) is 0 Å². The van der Waals surface area contributed by atoms with E-state index < -0.39 is 24.3 Å². The summed E-state index contributed by atoms with van der Waals surface area (Å²) in [5.74, 6) is 0.619. The molecule has 0 bridgehead atoms. The minimum atomic E-state index is -1.13. The number of carboxylic acid groups (broad SMARTS) is 1. The molecule has 0 aliphatic carbocycles. The molecule has 6 aromatic rings. The van der Waals surface area contributed by atoms with Crippen LogP contribution in [0.15, 0.2) is 60.9 Å². The smallest absolute Gasteiger partial charge is 0.407 e. The van der Waals surface area contributed by atoms with Gasteiger partial charge >= 0.3 is 12.2 Å². The predicted octanol–water partition coefficient (Wildman–Crippen LogP) is 7.06. The number of carbonyl (C=O) groups excluding carboxylic acids is 3. The highest BCUT2D eigenvalue weighted by molar-refractivity contribution is 5.93.